The zero-order valence-electron chi connectivity index (χ0n) is 17.5. The summed E-state index contributed by atoms with van der Waals surface area (Å²) in [5, 5.41) is 8.66. The van der Waals surface area contributed by atoms with E-state index in [2.05, 4.69) is 5.32 Å². The molecule has 2 aromatic carbocycles. The highest BCUT2D eigenvalue weighted by Crippen LogP contribution is 2.29. The molecular formula is C22H24N2O6S. The molecule has 0 saturated carbocycles. The van der Waals surface area contributed by atoms with Gasteiger partial charge in [-0.1, -0.05) is 19.1 Å². The van der Waals surface area contributed by atoms with Crippen LogP contribution in [0, 0.1) is 6.92 Å². The van der Waals surface area contributed by atoms with E-state index >= 15 is 0 Å². The molecule has 31 heavy (non-hydrogen) atoms. The zero-order valence-corrected chi connectivity index (χ0v) is 18.3. The van der Waals surface area contributed by atoms with Crippen molar-refractivity contribution in [1.82, 2.24) is 5.32 Å². The Morgan fingerprint density at radius 3 is 2.48 bits per heavy atom. The quantitative estimate of drug-likeness (QED) is 0.539. The minimum Gasteiger partial charge on any atom is -0.480 e. The number of carbonyl (C=O) groups is 1. The van der Waals surface area contributed by atoms with Crippen LogP contribution in [0.5, 0.6) is 5.75 Å². The number of nitrogens with one attached hydrogen (secondary N) is 1. The molecule has 3 rings (SSSR count). The summed E-state index contributed by atoms with van der Waals surface area (Å²) in [6.45, 7) is 5.55. The lowest BCUT2D eigenvalue weighted by Crippen LogP contribution is -2.36. The van der Waals surface area contributed by atoms with Crippen LogP contribution in [0.2, 0.25) is 0 Å². The van der Waals surface area contributed by atoms with Gasteiger partial charge in [-0.25, -0.2) is 18.4 Å². The maximum absolute atomic E-state index is 12.5. The van der Waals surface area contributed by atoms with Gasteiger partial charge in [-0.2, -0.15) is 0 Å². The van der Waals surface area contributed by atoms with E-state index in [0.29, 0.717) is 28.9 Å². The van der Waals surface area contributed by atoms with Crippen molar-refractivity contribution < 1.29 is 22.4 Å². The molecule has 0 spiro atoms. The lowest BCUT2D eigenvalue weighted by molar-refractivity contribution is -0.127. The number of ether oxygens (including phenoxy) is 1. The molecule has 1 atom stereocenters. The number of aryl methyl sites for hydroxylation is 2. The van der Waals surface area contributed by atoms with Crippen molar-refractivity contribution in [2.45, 2.75) is 44.7 Å². The predicted octanol–water partition coefficient (Wildman–Crippen LogP) is 2.39. The maximum atomic E-state index is 12.5. The topological polar surface area (TPSA) is 129 Å². The first-order valence-electron chi connectivity index (χ1n) is 9.72. The summed E-state index contributed by atoms with van der Waals surface area (Å²) in [6.07, 6.45) is -0.112. The van der Waals surface area contributed by atoms with Gasteiger partial charge >= 0.3 is 5.63 Å². The van der Waals surface area contributed by atoms with E-state index in [0.717, 1.165) is 10.9 Å². The van der Waals surface area contributed by atoms with Gasteiger partial charge in [0, 0.05) is 23.6 Å². The number of carbonyl (C=O) groups excluding carboxylic acids is 1. The average molecular weight is 445 g/mol. The molecule has 9 heteroatoms. The first-order valence-corrected chi connectivity index (χ1v) is 11.3. The number of rotatable bonds is 7. The van der Waals surface area contributed by atoms with E-state index in [4.69, 9.17) is 14.3 Å². The van der Waals surface area contributed by atoms with Gasteiger partial charge in [-0.3, -0.25) is 4.79 Å². The van der Waals surface area contributed by atoms with Gasteiger partial charge < -0.3 is 14.5 Å². The molecule has 1 aromatic heterocycles. The first kappa shape index (κ1) is 22.5. The van der Waals surface area contributed by atoms with E-state index in [9.17, 15) is 18.0 Å². The van der Waals surface area contributed by atoms with E-state index in [1.54, 1.807) is 32.0 Å². The summed E-state index contributed by atoms with van der Waals surface area (Å²) in [5.41, 5.74) is 2.26. The van der Waals surface area contributed by atoms with Gasteiger partial charge in [0.2, 0.25) is 10.0 Å². The van der Waals surface area contributed by atoms with Crippen molar-refractivity contribution in [3.8, 4) is 5.75 Å². The number of primary sulfonamides is 1. The third kappa shape index (κ3) is 5.12. The van der Waals surface area contributed by atoms with Gasteiger partial charge in [0.15, 0.2) is 6.10 Å². The Hall–Kier alpha value is -3.17. The molecule has 0 fully saturated rings. The van der Waals surface area contributed by atoms with Crippen LogP contribution in [0.4, 0.5) is 0 Å². The average Bonchev–Trinajstić information content (AvgIpc) is 2.73. The van der Waals surface area contributed by atoms with Crippen LogP contribution in [-0.4, -0.2) is 20.4 Å². The van der Waals surface area contributed by atoms with Gasteiger partial charge in [-0.15, -0.1) is 0 Å². The summed E-state index contributed by atoms with van der Waals surface area (Å²) in [5.74, 6) is 0.0999. The largest absolute Gasteiger partial charge is 0.480 e. The second-order valence-electron chi connectivity index (χ2n) is 7.18. The van der Waals surface area contributed by atoms with Crippen LogP contribution < -0.4 is 20.8 Å². The van der Waals surface area contributed by atoms with Gasteiger partial charge in [0.1, 0.15) is 11.3 Å². The number of nitrogens with two attached hydrogens (primary N) is 1. The number of benzene rings is 2. The fourth-order valence-corrected chi connectivity index (χ4v) is 3.72. The SMILES string of the molecule is CCc1cc(=O)oc2c(C)c(OC(C)C(=O)NCc3ccc(S(N)(=O)=O)cc3)ccc12. The van der Waals surface area contributed by atoms with E-state index in [-0.39, 0.29) is 17.3 Å². The maximum Gasteiger partial charge on any atom is 0.336 e. The van der Waals surface area contributed by atoms with E-state index in [1.165, 1.54) is 18.2 Å². The zero-order chi connectivity index (χ0) is 22.8. The van der Waals surface area contributed by atoms with Crippen LogP contribution in [0.1, 0.15) is 30.5 Å². The Bertz CT molecular complexity index is 1280. The summed E-state index contributed by atoms with van der Waals surface area (Å²) in [7, 11) is -3.76. The van der Waals surface area contributed by atoms with Gasteiger partial charge in [0.25, 0.3) is 5.91 Å². The van der Waals surface area contributed by atoms with E-state index in [1.807, 2.05) is 13.0 Å². The Morgan fingerprint density at radius 2 is 1.87 bits per heavy atom. The van der Waals surface area contributed by atoms with Crippen LogP contribution in [0.3, 0.4) is 0 Å². The fraction of sp³-hybridized carbons (Fsp3) is 0.273. The molecular weight excluding hydrogens is 420 g/mol. The molecule has 1 heterocycles. The monoisotopic (exact) mass is 444 g/mol. The molecule has 0 aliphatic carbocycles. The molecule has 3 N–H and O–H groups in total. The molecule has 0 bridgehead atoms. The third-order valence-electron chi connectivity index (χ3n) is 4.97. The van der Waals surface area contributed by atoms with E-state index < -0.39 is 21.8 Å². The second-order valence-corrected chi connectivity index (χ2v) is 8.74. The Balaban J connectivity index is 1.70. The molecule has 3 aromatic rings. The van der Waals surface area contributed by atoms with Gasteiger partial charge in [-0.05, 0) is 55.7 Å². The Labute approximate surface area is 180 Å². The normalized spacial score (nSPS) is 12.5. The van der Waals surface area contributed by atoms with Crippen molar-refractivity contribution in [2.75, 3.05) is 0 Å². The first-order chi connectivity index (χ1) is 14.6. The number of sulfonamides is 1. The van der Waals surface area contributed by atoms with Crippen molar-refractivity contribution >= 4 is 26.9 Å². The third-order valence-corrected chi connectivity index (χ3v) is 5.90. The molecule has 8 nitrogen and oxygen atoms in total. The summed E-state index contributed by atoms with van der Waals surface area (Å²) in [6, 6.07) is 11.0. The molecule has 0 saturated heterocycles. The molecule has 1 unspecified atom stereocenters. The highest BCUT2D eigenvalue weighted by Gasteiger charge is 2.18. The smallest absolute Gasteiger partial charge is 0.336 e. The van der Waals surface area contributed by atoms with Crippen molar-refractivity contribution in [2.24, 2.45) is 5.14 Å². The summed E-state index contributed by atoms with van der Waals surface area (Å²) >= 11 is 0. The van der Waals surface area contributed by atoms with Crippen LogP contribution in [-0.2, 0) is 27.8 Å². The number of amides is 1. The van der Waals surface area contributed by atoms with Crippen LogP contribution in [0.25, 0.3) is 11.0 Å². The second kappa shape index (κ2) is 8.91. The highest BCUT2D eigenvalue weighted by molar-refractivity contribution is 7.89. The Morgan fingerprint density at radius 1 is 1.19 bits per heavy atom. The predicted molar refractivity (Wildman–Crippen MR) is 116 cm³/mol. The molecule has 1 amide bonds. The lowest BCUT2D eigenvalue weighted by Gasteiger charge is -2.17. The number of hydrogen-bond donors (Lipinski definition) is 2. The van der Waals surface area contributed by atoms with Crippen LogP contribution >= 0.6 is 0 Å². The van der Waals surface area contributed by atoms with Crippen molar-refractivity contribution in [3.63, 3.8) is 0 Å². The van der Waals surface area contributed by atoms with Crippen molar-refractivity contribution in [1.29, 1.82) is 0 Å². The minimum atomic E-state index is -3.76. The molecule has 0 aliphatic heterocycles. The molecule has 0 radical (unpaired) electrons. The highest BCUT2D eigenvalue weighted by atomic mass is 32.2. The summed E-state index contributed by atoms with van der Waals surface area (Å²) < 4.78 is 33.8. The number of hydrogen-bond acceptors (Lipinski definition) is 6. The van der Waals surface area contributed by atoms with Gasteiger partial charge in [0.05, 0.1) is 4.90 Å². The standard InChI is InChI=1S/C22H24N2O6S/c1-4-16-11-20(25)30-21-13(2)19(10-9-18(16)21)29-14(3)22(26)24-12-15-5-7-17(8-6-15)31(23,27)28/h5-11,14H,4,12H2,1-3H3,(H,24,26)(H2,23,27,28). The minimum absolute atomic E-state index is 0.00365. The molecule has 164 valence electrons. The molecule has 0 aliphatic rings. The Kier molecular flexibility index (Phi) is 6.47. The fourth-order valence-electron chi connectivity index (χ4n) is 3.20. The van der Waals surface area contributed by atoms with Crippen molar-refractivity contribution in [3.05, 3.63) is 69.6 Å². The summed E-state index contributed by atoms with van der Waals surface area (Å²) in [4.78, 5) is 24.3. The van der Waals surface area contributed by atoms with Crippen LogP contribution in [0.15, 0.2) is 56.6 Å². The number of fused-ring (bicyclic) bond motifs is 1. The lowest BCUT2D eigenvalue weighted by atomic mass is 10.0.